The van der Waals surface area contributed by atoms with Crippen LogP contribution in [0, 0.1) is 0 Å². The van der Waals surface area contributed by atoms with E-state index in [0.717, 1.165) is 5.56 Å². The minimum atomic E-state index is -1.74. The summed E-state index contributed by atoms with van der Waals surface area (Å²) in [5.41, 5.74) is -0.688. The molecule has 0 radical (unpaired) electrons. The molecule has 1 aromatic carbocycles. The van der Waals surface area contributed by atoms with E-state index in [1.165, 1.54) is 0 Å². The van der Waals surface area contributed by atoms with E-state index in [0.29, 0.717) is 32.4 Å². The zero-order valence-corrected chi connectivity index (χ0v) is 13.8. The van der Waals surface area contributed by atoms with Gasteiger partial charge in [-0.1, -0.05) is 18.2 Å². The lowest BCUT2D eigenvalue weighted by atomic mass is 9.85. The van der Waals surface area contributed by atoms with E-state index >= 15 is 0 Å². The molecule has 25 heavy (non-hydrogen) atoms. The Balaban J connectivity index is 1.71. The molecule has 0 saturated carbocycles. The van der Waals surface area contributed by atoms with Gasteiger partial charge in [0.25, 0.3) is 5.91 Å². The normalized spacial score (nSPS) is 24.2. The molecular formula is C18H21NO6. The number of carboxylic acid groups (broad SMARTS) is 2. The fourth-order valence-electron chi connectivity index (χ4n) is 3.77. The summed E-state index contributed by atoms with van der Waals surface area (Å²) < 4.78 is 5.31. The van der Waals surface area contributed by atoms with E-state index in [9.17, 15) is 24.6 Å². The van der Waals surface area contributed by atoms with E-state index in [2.05, 4.69) is 0 Å². The van der Waals surface area contributed by atoms with Crippen LogP contribution in [0.1, 0.15) is 47.5 Å². The zero-order chi connectivity index (χ0) is 18.0. The van der Waals surface area contributed by atoms with Gasteiger partial charge in [-0.3, -0.25) is 4.79 Å². The second-order valence-corrected chi connectivity index (χ2v) is 6.54. The summed E-state index contributed by atoms with van der Waals surface area (Å²) in [4.78, 5) is 37.2. The molecule has 2 aliphatic rings. The quantitative estimate of drug-likeness (QED) is 0.804. The summed E-state index contributed by atoms with van der Waals surface area (Å²) in [7, 11) is 0. The number of piperidine rings is 1. The van der Waals surface area contributed by atoms with Crippen LogP contribution < -0.4 is 0 Å². The Labute approximate surface area is 145 Å². The number of aromatic carboxylic acids is 1. The first-order valence-corrected chi connectivity index (χ1v) is 8.44. The summed E-state index contributed by atoms with van der Waals surface area (Å²) in [5, 5.41) is 18.8. The maximum absolute atomic E-state index is 12.7. The van der Waals surface area contributed by atoms with Crippen LogP contribution in [0.15, 0.2) is 24.3 Å². The molecule has 0 aromatic heterocycles. The Kier molecular flexibility index (Phi) is 4.76. The number of amides is 1. The van der Waals surface area contributed by atoms with Gasteiger partial charge < -0.3 is 19.8 Å². The number of likely N-dealkylation sites (tertiary alicyclic amines) is 1. The van der Waals surface area contributed by atoms with Crippen LogP contribution in [0.3, 0.4) is 0 Å². The van der Waals surface area contributed by atoms with Crippen molar-refractivity contribution in [3.05, 3.63) is 35.4 Å². The predicted molar refractivity (Wildman–Crippen MR) is 87.5 cm³/mol. The lowest BCUT2D eigenvalue weighted by Crippen LogP contribution is -2.55. The molecule has 1 aromatic rings. The monoisotopic (exact) mass is 347 g/mol. The molecule has 0 unspecified atom stereocenters. The van der Waals surface area contributed by atoms with Crippen LogP contribution in [0.2, 0.25) is 0 Å². The van der Waals surface area contributed by atoms with Crippen LogP contribution in [-0.2, 0) is 14.3 Å². The molecule has 2 saturated heterocycles. The molecule has 7 heteroatoms. The molecule has 7 nitrogen and oxygen atoms in total. The molecular weight excluding hydrogens is 326 g/mol. The van der Waals surface area contributed by atoms with Crippen LogP contribution in [0.4, 0.5) is 0 Å². The largest absolute Gasteiger partial charge is 0.479 e. The highest BCUT2D eigenvalue weighted by Gasteiger charge is 2.52. The van der Waals surface area contributed by atoms with Crippen LogP contribution >= 0.6 is 0 Å². The lowest BCUT2D eigenvalue weighted by molar-refractivity contribution is -0.173. The third-order valence-corrected chi connectivity index (χ3v) is 5.13. The number of rotatable bonds is 4. The summed E-state index contributed by atoms with van der Waals surface area (Å²) >= 11 is 0. The average Bonchev–Trinajstić information content (AvgIpc) is 3.12. The topological polar surface area (TPSA) is 104 Å². The average molecular weight is 347 g/mol. The predicted octanol–water partition coefficient (Wildman–Crippen LogP) is 1.72. The first-order chi connectivity index (χ1) is 12.0. The minimum Gasteiger partial charge on any atom is -0.479 e. The number of carbonyl (C=O) groups is 3. The number of benzene rings is 1. The van der Waals surface area contributed by atoms with Crippen molar-refractivity contribution in [2.24, 2.45) is 0 Å². The van der Waals surface area contributed by atoms with Crippen molar-refractivity contribution in [2.75, 3.05) is 19.7 Å². The van der Waals surface area contributed by atoms with Crippen molar-refractivity contribution in [1.29, 1.82) is 0 Å². The van der Waals surface area contributed by atoms with Gasteiger partial charge in [0.05, 0.1) is 5.56 Å². The molecule has 0 bridgehead atoms. The smallest absolute Gasteiger partial charge is 0.345 e. The molecule has 1 amide bonds. The molecule has 1 atom stereocenters. The van der Waals surface area contributed by atoms with Crippen molar-refractivity contribution in [1.82, 2.24) is 4.90 Å². The fourth-order valence-corrected chi connectivity index (χ4v) is 3.77. The van der Waals surface area contributed by atoms with E-state index in [-0.39, 0.29) is 24.5 Å². The van der Waals surface area contributed by atoms with Gasteiger partial charge in [-0.15, -0.1) is 0 Å². The first-order valence-electron chi connectivity index (χ1n) is 8.44. The molecule has 2 fully saturated rings. The highest BCUT2D eigenvalue weighted by molar-refractivity contribution is 6.05. The lowest BCUT2D eigenvalue weighted by Gasteiger charge is -2.36. The number of carbonyl (C=O) groups excluding carboxylic acids is 1. The van der Waals surface area contributed by atoms with Gasteiger partial charge in [0.15, 0.2) is 0 Å². The third kappa shape index (κ3) is 3.11. The Bertz CT molecular complexity index is 687. The van der Waals surface area contributed by atoms with Crippen LogP contribution in [0.25, 0.3) is 0 Å². The van der Waals surface area contributed by atoms with Crippen LogP contribution in [-0.4, -0.2) is 58.3 Å². The molecule has 134 valence electrons. The van der Waals surface area contributed by atoms with Gasteiger partial charge in [-0.25, -0.2) is 9.59 Å². The molecule has 3 rings (SSSR count). The summed E-state index contributed by atoms with van der Waals surface area (Å²) in [6, 6.07) is 6.90. The van der Waals surface area contributed by atoms with E-state index in [1.54, 1.807) is 17.0 Å². The van der Waals surface area contributed by atoms with Gasteiger partial charge >= 0.3 is 11.9 Å². The number of hydrogen-bond acceptors (Lipinski definition) is 4. The zero-order valence-electron chi connectivity index (χ0n) is 13.8. The Morgan fingerprint density at radius 3 is 2.36 bits per heavy atom. The molecule has 0 aliphatic carbocycles. The van der Waals surface area contributed by atoms with E-state index in [1.807, 2.05) is 12.1 Å². The molecule has 2 heterocycles. The number of ether oxygens (including phenoxy) is 1. The van der Waals surface area contributed by atoms with Crippen molar-refractivity contribution in [3.8, 4) is 0 Å². The number of nitrogens with zero attached hydrogens (tertiary/aromatic N) is 1. The Morgan fingerprint density at radius 2 is 1.80 bits per heavy atom. The van der Waals surface area contributed by atoms with Crippen molar-refractivity contribution >= 4 is 17.8 Å². The van der Waals surface area contributed by atoms with Gasteiger partial charge in [-0.2, -0.15) is 0 Å². The van der Waals surface area contributed by atoms with Gasteiger partial charge in [0.1, 0.15) is 0 Å². The van der Waals surface area contributed by atoms with E-state index in [4.69, 9.17) is 4.74 Å². The van der Waals surface area contributed by atoms with Gasteiger partial charge in [0.2, 0.25) is 5.60 Å². The van der Waals surface area contributed by atoms with Crippen molar-refractivity contribution < 1.29 is 29.3 Å². The molecule has 2 N–H and O–H groups in total. The fraction of sp³-hybridized carbons (Fsp3) is 0.500. The number of carboxylic acids is 2. The highest BCUT2D eigenvalue weighted by atomic mass is 16.5. The third-order valence-electron chi connectivity index (χ3n) is 5.13. The summed E-state index contributed by atoms with van der Waals surface area (Å²) in [5.74, 6) is -2.63. The minimum absolute atomic E-state index is 0.0432. The second-order valence-electron chi connectivity index (χ2n) is 6.54. The Hall–Kier alpha value is -2.41. The summed E-state index contributed by atoms with van der Waals surface area (Å²) in [6.45, 7) is 1.08. The van der Waals surface area contributed by atoms with Gasteiger partial charge in [-0.05, 0) is 43.2 Å². The first kappa shape index (κ1) is 17.4. The van der Waals surface area contributed by atoms with E-state index < -0.39 is 23.4 Å². The molecule has 2 aliphatic heterocycles. The van der Waals surface area contributed by atoms with Crippen molar-refractivity contribution in [2.45, 2.75) is 37.2 Å². The Morgan fingerprint density at radius 1 is 1.12 bits per heavy atom. The highest BCUT2D eigenvalue weighted by Crippen LogP contribution is 2.34. The second kappa shape index (κ2) is 6.84. The standard InChI is InChI=1S/C18H21NO6/c20-15(21)14-5-2-1-4-13(14)12-6-9-19(10-7-12)16(22)18(17(23)24)8-3-11-25-18/h1-2,4-5,12H,3,6-11H2,(H,20,21)(H,23,24)/t18-/m1/s1. The number of hydrogen-bond donors (Lipinski definition) is 2. The van der Waals surface area contributed by atoms with Gasteiger partial charge in [0, 0.05) is 19.7 Å². The maximum Gasteiger partial charge on any atom is 0.345 e. The summed E-state index contributed by atoms with van der Waals surface area (Å²) in [6.07, 6.45) is 1.96. The van der Waals surface area contributed by atoms with Crippen LogP contribution in [0.5, 0.6) is 0 Å². The maximum atomic E-state index is 12.7. The number of aliphatic carboxylic acids is 1. The molecule has 0 spiro atoms. The van der Waals surface area contributed by atoms with Crippen molar-refractivity contribution in [3.63, 3.8) is 0 Å². The SMILES string of the molecule is O=C(O)c1ccccc1C1CCN(C(=O)[C@@]2(C(=O)O)CCCO2)CC1.